The van der Waals surface area contributed by atoms with Gasteiger partial charge in [0.2, 0.25) is 0 Å². The number of aliphatic hydroxyl groups excluding tert-OH is 1. The van der Waals surface area contributed by atoms with E-state index < -0.39 is 5.79 Å². The molecular formula is C12H15ClO3. The molecule has 0 spiro atoms. The largest absolute Gasteiger partial charge is 0.396 e. The van der Waals surface area contributed by atoms with Crippen LogP contribution in [-0.4, -0.2) is 24.9 Å². The molecule has 1 fully saturated rings. The lowest BCUT2D eigenvalue weighted by atomic mass is 10.0. The summed E-state index contributed by atoms with van der Waals surface area (Å²) in [6.45, 7) is 1.30. The lowest BCUT2D eigenvalue weighted by Gasteiger charge is -2.27. The third kappa shape index (κ3) is 2.38. The molecule has 0 radical (unpaired) electrons. The fourth-order valence-corrected chi connectivity index (χ4v) is 2.14. The zero-order chi connectivity index (χ0) is 11.4. The summed E-state index contributed by atoms with van der Waals surface area (Å²) in [5, 5.41) is 9.57. The van der Waals surface area contributed by atoms with Crippen molar-refractivity contribution in [1.82, 2.24) is 0 Å². The predicted molar refractivity (Wildman–Crippen MR) is 61.4 cm³/mol. The number of rotatable bonds is 4. The van der Waals surface area contributed by atoms with Crippen LogP contribution in [0.3, 0.4) is 0 Å². The fourth-order valence-electron chi connectivity index (χ4n) is 1.95. The van der Waals surface area contributed by atoms with Gasteiger partial charge in [-0.2, -0.15) is 0 Å². The minimum atomic E-state index is -0.715. The van der Waals surface area contributed by atoms with Gasteiger partial charge in [-0.1, -0.05) is 23.7 Å². The van der Waals surface area contributed by atoms with Gasteiger partial charge in [-0.05, 0) is 18.6 Å². The monoisotopic (exact) mass is 242 g/mol. The summed E-state index contributed by atoms with van der Waals surface area (Å²) >= 11 is 5.96. The van der Waals surface area contributed by atoms with Gasteiger partial charge >= 0.3 is 0 Å². The maximum atomic E-state index is 8.91. The second kappa shape index (κ2) is 5.15. The van der Waals surface area contributed by atoms with Gasteiger partial charge in [0, 0.05) is 23.6 Å². The molecule has 3 nitrogen and oxygen atoms in total. The first-order valence-corrected chi connectivity index (χ1v) is 5.79. The van der Waals surface area contributed by atoms with Crippen molar-refractivity contribution in [2.45, 2.75) is 18.6 Å². The van der Waals surface area contributed by atoms with Gasteiger partial charge in [0.25, 0.3) is 0 Å². The Hall–Kier alpha value is -0.610. The number of aliphatic hydroxyl groups is 1. The Morgan fingerprint density at radius 1 is 1.31 bits per heavy atom. The van der Waals surface area contributed by atoms with Crippen molar-refractivity contribution in [2.75, 3.05) is 19.8 Å². The lowest BCUT2D eigenvalue weighted by Crippen LogP contribution is -2.27. The highest BCUT2D eigenvalue weighted by atomic mass is 35.5. The van der Waals surface area contributed by atoms with Gasteiger partial charge in [-0.25, -0.2) is 0 Å². The molecule has 1 aromatic carbocycles. The molecule has 1 heterocycles. The molecule has 0 unspecified atom stereocenters. The van der Waals surface area contributed by atoms with Crippen LogP contribution in [0.5, 0.6) is 0 Å². The third-order valence-electron chi connectivity index (χ3n) is 2.68. The molecule has 0 saturated carbocycles. The van der Waals surface area contributed by atoms with E-state index >= 15 is 0 Å². The van der Waals surface area contributed by atoms with Crippen LogP contribution in [0.2, 0.25) is 5.02 Å². The average Bonchev–Trinajstić information content (AvgIpc) is 2.76. The first-order chi connectivity index (χ1) is 7.77. The van der Waals surface area contributed by atoms with Crippen LogP contribution in [0.1, 0.15) is 18.4 Å². The quantitative estimate of drug-likeness (QED) is 0.881. The molecule has 88 valence electrons. The molecular weight excluding hydrogens is 228 g/mol. The zero-order valence-corrected chi connectivity index (χ0v) is 9.74. The van der Waals surface area contributed by atoms with Crippen LogP contribution in [0, 0.1) is 0 Å². The van der Waals surface area contributed by atoms with E-state index in [2.05, 4.69) is 0 Å². The van der Waals surface area contributed by atoms with E-state index in [4.69, 9.17) is 26.2 Å². The Balaban J connectivity index is 2.24. The SMILES string of the molecule is OCCCC1(c2cccc(Cl)c2)OCCO1. The van der Waals surface area contributed by atoms with E-state index in [9.17, 15) is 0 Å². The Labute approximate surface area is 99.9 Å². The molecule has 1 aliphatic rings. The first kappa shape index (κ1) is 11.9. The molecule has 0 aromatic heterocycles. The van der Waals surface area contributed by atoms with E-state index in [1.54, 1.807) is 0 Å². The minimum absolute atomic E-state index is 0.134. The minimum Gasteiger partial charge on any atom is -0.396 e. The average molecular weight is 243 g/mol. The van der Waals surface area contributed by atoms with Crippen LogP contribution in [-0.2, 0) is 15.3 Å². The Morgan fingerprint density at radius 2 is 2.06 bits per heavy atom. The highest BCUT2D eigenvalue weighted by Crippen LogP contribution is 2.36. The summed E-state index contributed by atoms with van der Waals surface area (Å²) in [6, 6.07) is 7.49. The van der Waals surface area contributed by atoms with Crippen LogP contribution in [0.15, 0.2) is 24.3 Å². The Bertz CT molecular complexity index is 348. The smallest absolute Gasteiger partial charge is 0.195 e. The molecule has 1 saturated heterocycles. The zero-order valence-electron chi connectivity index (χ0n) is 8.99. The second-order valence-corrected chi connectivity index (χ2v) is 4.22. The number of ether oxygens (including phenoxy) is 2. The van der Waals surface area contributed by atoms with Gasteiger partial charge in [-0.3, -0.25) is 0 Å². The molecule has 0 aliphatic carbocycles. The van der Waals surface area contributed by atoms with Gasteiger partial charge in [-0.15, -0.1) is 0 Å². The molecule has 0 amide bonds. The molecule has 0 atom stereocenters. The third-order valence-corrected chi connectivity index (χ3v) is 2.92. The summed E-state index contributed by atoms with van der Waals surface area (Å²) in [5.74, 6) is -0.715. The van der Waals surface area contributed by atoms with Gasteiger partial charge in [0.15, 0.2) is 5.79 Å². The first-order valence-electron chi connectivity index (χ1n) is 5.42. The van der Waals surface area contributed by atoms with Crippen molar-refractivity contribution in [1.29, 1.82) is 0 Å². The second-order valence-electron chi connectivity index (χ2n) is 3.79. The summed E-state index contributed by atoms with van der Waals surface area (Å²) in [7, 11) is 0. The molecule has 16 heavy (non-hydrogen) atoms. The summed E-state index contributed by atoms with van der Waals surface area (Å²) in [5.41, 5.74) is 0.922. The normalized spacial score (nSPS) is 18.9. The molecule has 4 heteroatoms. The number of hydrogen-bond donors (Lipinski definition) is 1. The van der Waals surface area contributed by atoms with Gasteiger partial charge < -0.3 is 14.6 Å². The van der Waals surface area contributed by atoms with Crippen molar-refractivity contribution in [3.8, 4) is 0 Å². The fraction of sp³-hybridized carbons (Fsp3) is 0.500. The molecule has 0 bridgehead atoms. The maximum Gasteiger partial charge on any atom is 0.195 e. The highest BCUT2D eigenvalue weighted by molar-refractivity contribution is 6.30. The van der Waals surface area contributed by atoms with Crippen LogP contribution in [0.25, 0.3) is 0 Å². The van der Waals surface area contributed by atoms with E-state index in [1.165, 1.54) is 0 Å². The summed E-state index contributed by atoms with van der Waals surface area (Å²) in [4.78, 5) is 0. The predicted octanol–water partition coefficient (Wildman–Crippen LogP) is 2.31. The topological polar surface area (TPSA) is 38.7 Å². The van der Waals surface area contributed by atoms with E-state index in [1.807, 2.05) is 24.3 Å². The summed E-state index contributed by atoms with van der Waals surface area (Å²) < 4.78 is 11.4. The Morgan fingerprint density at radius 3 is 2.69 bits per heavy atom. The van der Waals surface area contributed by atoms with Crippen LogP contribution < -0.4 is 0 Å². The number of hydrogen-bond acceptors (Lipinski definition) is 3. The highest BCUT2D eigenvalue weighted by Gasteiger charge is 2.37. The van der Waals surface area contributed by atoms with Crippen LogP contribution >= 0.6 is 11.6 Å². The molecule has 1 aromatic rings. The van der Waals surface area contributed by atoms with E-state index in [0.717, 1.165) is 5.56 Å². The molecule has 2 rings (SSSR count). The van der Waals surface area contributed by atoms with E-state index in [0.29, 0.717) is 31.1 Å². The van der Waals surface area contributed by atoms with Gasteiger partial charge in [0.1, 0.15) is 0 Å². The lowest BCUT2D eigenvalue weighted by molar-refractivity contribution is -0.172. The van der Waals surface area contributed by atoms with Crippen molar-refractivity contribution in [2.24, 2.45) is 0 Å². The standard InChI is InChI=1S/C12H15ClO3/c13-11-4-1-3-10(9-11)12(5-2-6-14)15-7-8-16-12/h1,3-4,9,14H,2,5-8H2. The van der Waals surface area contributed by atoms with Crippen molar-refractivity contribution in [3.63, 3.8) is 0 Å². The van der Waals surface area contributed by atoms with Gasteiger partial charge in [0.05, 0.1) is 13.2 Å². The van der Waals surface area contributed by atoms with E-state index in [-0.39, 0.29) is 6.61 Å². The molecule has 1 N–H and O–H groups in total. The summed E-state index contributed by atoms with van der Waals surface area (Å²) in [6.07, 6.45) is 1.29. The van der Waals surface area contributed by atoms with Crippen molar-refractivity contribution >= 4 is 11.6 Å². The number of benzene rings is 1. The van der Waals surface area contributed by atoms with Crippen molar-refractivity contribution in [3.05, 3.63) is 34.9 Å². The van der Waals surface area contributed by atoms with Crippen molar-refractivity contribution < 1.29 is 14.6 Å². The maximum absolute atomic E-state index is 8.91. The Kier molecular flexibility index (Phi) is 3.82. The number of halogens is 1. The molecule has 1 aliphatic heterocycles. The van der Waals surface area contributed by atoms with Crippen LogP contribution in [0.4, 0.5) is 0 Å².